The van der Waals surface area contributed by atoms with Crippen molar-refractivity contribution < 1.29 is 9.59 Å². The van der Waals surface area contributed by atoms with Crippen molar-refractivity contribution in [3.8, 4) is 0 Å². The number of hydrogen-bond acceptors (Lipinski definition) is 2. The van der Waals surface area contributed by atoms with E-state index in [1.807, 2.05) is 0 Å². The smallest absolute Gasteiger partial charge is 0.136 e. The molecule has 2 rings (SSSR count). The molecule has 0 aliphatic heterocycles. The molecule has 0 amide bonds. The molecule has 0 saturated heterocycles. The zero-order chi connectivity index (χ0) is 11.4. The van der Waals surface area contributed by atoms with Crippen LogP contribution in [0, 0.1) is 17.8 Å². The van der Waals surface area contributed by atoms with Crippen LogP contribution in [-0.2, 0) is 9.59 Å². The van der Waals surface area contributed by atoms with Gasteiger partial charge in [0.25, 0.3) is 0 Å². The molecule has 3 unspecified atom stereocenters. The Balaban J connectivity index is 1.84. The molecule has 3 atom stereocenters. The minimum absolute atomic E-state index is 0.277. The van der Waals surface area contributed by atoms with Crippen LogP contribution < -0.4 is 0 Å². The molecule has 0 aromatic heterocycles. The maximum Gasteiger partial charge on any atom is 0.136 e. The highest BCUT2D eigenvalue weighted by atomic mass is 16.1. The van der Waals surface area contributed by atoms with Crippen LogP contribution in [0.1, 0.15) is 57.8 Å². The molecule has 2 heteroatoms. The fourth-order valence-corrected chi connectivity index (χ4v) is 3.57. The molecule has 0 bridgehead atoms. The van der Waals surface area contributed by atoms with Crippen LogP contribution in [0.25, 0.3) is 0 Å². The summed E-state index contributed by atoms with van der Waals surface area (Å²) < 4.78 is 0. The number of carbonyl (C=O) groups is 2. The molecule has 2 nitrogen and oxygen atoms in total. The zero-order valence-electron chi connectivity index (χ0n) is 9.99. The van der Waals surface area contributed by atoms with E-state index in [1.54, 1.807) is 0 Å². The molecular formula is C14H22O2. The molecule has 0 heterocycles. The van der Waals surface area contributed by atoms with Gasteiger partial charge in [0.05, 0.1) is 0 Å². The second kappa shape index (κ2) is 5.60. The van der Waals surface area contributed by atoms with E-state index in [0.29, 0.717) is 18.6 Å². The Labute approximate surface area is 97.8 Å². The quantitative estimate of drug-likeness (QED) is 0.685. The van der Waals surface area contributed by atoms with Crippen LogP contribution >= 0.6 is 0 Å². The second-order valence-electron chi connectivity index (χ2n) is 5.49. The van der Waals surface area contributed by atoms with E-state index in [0.717, 1.165) is 31.0 Å². The third-order valence-electron chi connectivity index (χ3n) is 4.50. The number of hydrogen-bond donors (Lipinski definition) is 0. The van der Waals surface area contributed by atoms with Gasteiger partial charge in [-0.2, -0.15) is 0 Å². The monoisotopic (exact) mass is 222 g/mol. The fourth-order valence-electron chi connectivity index (χ4n) is 3.57. The summed E-state index contributed by atoms with van der Waals surface area (Å²) in [6, 6.07) is 0. The van der Waals surface area contributed by atoms with Crippen molar-refractivity contribution in [1.29, 1.82) is 0 Å². The largest absolute Gasteiger partial charge is 0.303 e. The summed E-state index contributed by atoms with van der Waals surface area (Å²) in [6.07, 6.45) is 10.7. The topological polar surface area (TPSA) is 34.1 Å². The van der Waals surface area contributed by atoms with E-state index < -0.39 is 0 Å². The Kier molecular flexibility index (Phi) is 4.14. The first kappa shape index (κ1) is 11.8. The summed E-state index contributed by atoms with van der Waals surface area (Å²) in [5.74, 6) is 2.34. The van der Waals surface area contributed by atoms with Gasteiger partial charge in [0.1, 0.15) is 12.1 Å². The van der Waals surface area contributed by atoms with Crippen LogP contribution in [0.2, 0.25) is 0 Å². The summed E-state index contributed by atoms with van der Waals surface area (Å²) in [5, 5.41) is 0. The molecule has 2 aliphatic carbocycles. The SMILES string of the molecule is O=CCCC(=O)C1CCC2CCCCC2C1. The highest BCUT2D eigenvalue weighted by molar-refractivity contribution is 5.82. The molecular weight excluding hydrogens is 200 g/mol. The van der Waals surface area contributed by atoms with Crippen molar-refractivity contribution in [3.63, 3.8) is 0 Å². The Hall–Kier alpha value is -0.660. The van der Waals surface area contributed by atoms with Gasteiger partial charge in [-0.25, -0.2) is 0 Å². The molecule has 0 radical (unpaired) electrons. The lowest BCUT2D eigenvalue weighted by Crippen LogP contribution is -2.31. The number of Topliss-reactive ketones (excluding diaryl/α,β-unsaturated/α-hetero) is 1. The van der Waals surface area contributed by atoms with Crippen molar-refractivity contribution in [1.82, 2.24) is 0 Å². The number of aldehydes is 1. The molecule has 0 N–H and O–H groups in total. The third-order valence-corrected chi connectivity index (χ3v) is 4.50. The summed E-state index contributed by atoms with van der Waals surface area (Å²) in [4.78, 5) is 22.1. The third kappa shape index (κ3) is 2.72. The molecule has 0 aromatic carbocycles. The van der Waals surface area contributed by atoms with E-state index in [9.17, 15) is 9.59 Å². The van der Waals surface area contributed by atoms with Gasteiger partial charge in [-0.1, -0.05) is 25.7 Å². The van der Waals surface area contributed by atoms with Crippen molar-refractivity contribution in [2.75, 3.05) is 0 Å². The van der Waals surface area contributed by atoms with Crippen LogP contribution in [0.15, 0.2) is 0 Å². The maximum atomic E-state index is 11.9. The lowest BCUT2D eigenvalue weighted by molar-refractivity contribution is -0.126. The van der Waals surface area contributed by atoms with E-state index in [2.05, 4.69) is 0 Å². The van der Waals surface area contributed by atoms with Gasteiger partial charge >= 0.3 is 0 Å². The first-order valence-electron chi connectivity index (χ1n) is 6.77. The summed E-state index contributed by atoms with van der Waals surface area (Å²) in [5.41, 5.74) is 0. The van der Waals surface area contributed by atoms with Crippen molar-refractivity contribution >= 4 is 12.1 Å². The first-order valence-corrected chi connectivity index (χ1v) is 6.77. The summed E-state index contributed by atoms with van der Waals surface area (Å²) in [7, 11) is 0. The van der Waals surface area contributed by atoms with Crippen molar-refractivity contribution in [2.45, 2.75) is 57.8 Å². The number of ketones is 1. The molecule has 16 heavy (non-hydrogen) atoms. The number of carbonyl (C=O) groups excluding carboxylic acids is 2. The van der Waals surface area contributed by atoms with Gasteiger partial charge in [0.2, 0.25) is 0 Å². The Morgan fingerprint density at radius 2 is 1.81 bits per heavy atom. The van der Waals surface area contributed by atoms with Gasteiger partial charge in [0.15, 0.2) is 0 Å². The fraction of sp³-hybridized carbons (Fsp3) is 0.857. The minimum Gasteiger partial charge on any atom is -0.303 e. The lowest BCUT2D eigenvalue weighted by atomic mass is 9.66. The van der Waals surface area contributed by atoms with Crippen molar-refractivity contribution in [3.05, 3.63) is 0 Å². The van der Waals surface area contributed by atoms with Gasteiger partial charge in [0, 0.05) is 18.8 Å². The maximum absolute atomic E-state index is 11.9. The van der Waals surface area contributed by atoms with Crippen LogP contribution in [0.5, 0.6) is 0 Å². The number of fused-ring (bicyclic) bond motifs is 1. The predicted molar refractivity (Wildman–Crippen MR) is 63.1 cm³/mol. The minimum atomic E-state index is 0.277. The Morgan fingerprint density at radius 1 is 1.06 bits per heavy atom. The Morgan fingerprint density at radius 3 is 2.56 bits per heavy atom. The van der Waals surface area contributed by atoms with Crippen LogP contribution in [0.4, 0.5) is 0 Å². The van der Waals surface area contributed by atoms with E-state index in [1.165, 1.54) is 32.1 Å². The predicted octanol–water partition coefficient (Wildman–Crippen LogP) is 3.14. The zero-order valence-corrected chi connectivity index (χ0v) is 9.99. The first-order chi connectivity index (χ1) is 7.81. The van der Waals surface area contributed by atoms with E-state index in [-0.39, 0.29) is 5.92 Å². The van der Waals surface area contributed by atoms with Gasteiger partial charge in [-0.3, -0.25) is 4.79 Å². The van der Waals surface area contributed by atoms with E-state index in [4.69, 9.17) is 0 Å². The molecule has 90 valence electrons. The highest BCUT2D eigenvalue weighted by Gasteiger charge is 2.34. The average molecular weight is 222 g/mol. The average Bonchev–Trinajstić information content (AvgIpc) is 2.35. The van der Waals surface area contributed by atoms with Gasteiger partial charge in [-0.15, -0.1) is 0 Å². The second-order valence-corrected chi connectivity index (χ2v) is 5.49. The lowest BCUT2D eigenvalue weighted by Gasteiger charge is -2.38. The number of rotatable bonds is 4. The van der Waals surface area contributed by atoms with Gasteiger partial charge < -0.3 is 4.79 Å². The van der Waals surface area contributed by atoms with Crippen LogP contribution in [-0.4, -0.2) is 12.1 Å². The highest BCUT2D eigenvalue weighted by Crippen LogP contribution is 2.43. The van der Waals surface area contributed by atoms with E-state index >= 15 is 0 Å². The molecule has 2 saturated carbocycles. The van der Waals surface area contributed by atoms with Crippen LogP contribution in [0.3, 0.4) is 0 Å². The molecule has 0 spiro atoms. The summed E-state index contributed by atoms with van der Waals surface area (Å²) >= 11 is 0. The normalized spacial score (nSPS) is 34.1. The molecule has 2 fully saturated rings. The molecule has 2 aliphatic rings. The van der Waals surface area contributed by atoms with Gasteiger partial charge in [-0.05, 0) is 31.1 Å². The standard InChI is InChI=1S/C14H22O2/c15-9-3-6-14(16)13-8-7-11-4-1-2-5-12(11)10-13/h9,11-13H,1-8,10H2. The summed E-state index contributed by atoms with van der Waals surface area (Å²) in [6.45, 7) is 0. The Bertz CT molecular complexity index is 259. The van der Waals surface area contributed by atoms with Crippen molar-refractivity contribution in [2.24, 2.45) is 17.8 Å². The molecule has 0 aromatic rings.